The zero-order chi connectivity index (χ0) is 29.2. The molecule has 2 aromatic carbocycles. The number of fused-ring (bicyclic) bond motifs is 1. The molecule has 12 nitrogen and oxygen atoms in total. The maximum Gasteiger partial charge on any atom is 0.459 e. The smallest absolute Gasteiger partial charge is 0.459 e. The van der Waals surface area contributed by atoms with E-state index in [0.717, 1.165) is 9.95 Å². The molecule has 0 saturated carbocycles. The van der Waals surface area contributed by atoms with Crippen molar-refractivity contribution in [2.75, 3.05) is 0 Å². The molecule has 2 heterocycles. The predicted octanol–water partition coefficient (Wildman–Crippen LogP) is 3.00. The van der Waals surface area contributed by atoms with Crippen LogP contribution in [-0.2, 0) is 23.4 Å². The van der Waals surface area contributed by atoms with Crippen molar-refractivity contribution >= 4 is 24.5 Å². The zero-order valence-corrected chi connectivity index (χ0v) is 23.2. The Morgan fingerprint density at radius 1 is 1.18 bits per heavy atom. The number of ether oxygens (including phenoxy) is 2. The summed E-state index contributed by atoms with van der Waals surface area (Å²) in [6.45, 7) is 6.24. The second-order valence-corrected chi connectivity index (χ2v) is 11.4. The first-order valence-electron chi connectivity index (χ1n) is 12.7. The molecule has 1 aromatic heterocycles. The van der Waals surface area contributed by atoms with Crippen molar-refractivity contribution in [3.63, 3.8) is 0 Å². The molecule has 3 N–H and O–H groups in total. The highest BCUT2D eigenvalue weighted by Crippen LogP contribution is 2.49. The summed E-state index contributed by atoms with van der Waals surface area (Å²) in [6, 6.07) is 11.3. The van der Waals surface area contributed by atoms with Gasteiger partial charge in [0.2, 0.25) is 5.82 Å². The average Bonchev–Trinajstić information content (AvgIpc) is 3.27. The van der Waals surface area contributed by atoms with E-state index >= 15 is 0 Å². The summed E-state index contributed by atoms with van der Waals surface area (Å²) in [7, 11) is -4.37. The van der Waals surface area contributed by atoms with Gasteiger partial charge in [-0.15, -0.1) is 0 Å². The van der Waals surface area contributed by atoms with Crippen molar-refractivity contribution in [2.24, 2.45) is 0 Å². The Labute approximate surface area is 228 Å². The van der Waals surface area contributed by atoms with Crippen LogP contribution in [0.3, 0.4) is 0 Å². The van der Waals surface area contributed by atoms with Crippen LogP contribution >= 0.6 is 7.75 Å². The summed E-state index contributed by atoms with van der Waals surface area (Å²) in [4.78, 5) is 37.9. The number of aliphatic hydroxyl groups is 1. The molecule has 6 atom stereocenters. The molecule has 216 valence electrons. The van der Waals surface area contributed by atoms with Crippen LogP contribution in [0.1, 0.15) is 40.3 Å². The number of H-pyrrole nitrogens is 1. The number of benzene rings is 2. The third-order valence-corrected chi connectivity index (χ3v) is 7.91. The fraction of sp³-hybridized carbons (Fsp3) is 0.423. The molecule has 1 saturated heterocycles. The van der Waals surface area contributed by atoms with Crippen LogP contribution in [0.2, 0.25) is 0 Å². The van der Waals surface area contributed by atoms with Gasteiger partial charge in [0.15, 0.2) is 0 Å². The fourth-order valence-electron chi connectivity index (χ4n) is 4.33. The molecular weight excluding hydrogens is 548 g/mol. The van der Waals surface area contributed by atoms with Crippen molar-refractivity contribution in [3.05, 3.63) is 75.3 Å². The van der Waals surface area contributed by atoms with Gasteiger partial charge in [0.1, 0.15) is 24.1 Å². The molecular formula is C26H31FN3O9P. The summed E-state index contributed by atoms with van der Waals surface area (Å²) >= 11 is 0. The molecule has 3 aromatic rings. The predicted molar refractivity (Wildman–Crippen MR) is 142 cm³/mol. The lowest BCUT2D eigenvalue weighted by atomic mass is 10.1. The Balaban J connectivity index is 1.60. The molecule has 40 heavy (non-hydrogen) atoms. The van der Waals surface area contributed by atoms with Crippen molar-refractivity contribution in [1.29, 1.82) is 0 Å². The highest BCUT2D eigenvalue weighted by molar-refractivity contribution is 7.52. The van der Waals surface area contributed by atoms with Gasteiger partial charge in [-0.3, -0.25) is 23.7 Å². The second kappa shape index (κ2) is 12.0. The molecule has 14 heteroatoms. The molecule has 4 rings (SSSR count). The minimum atomic E-state index is -4.37. The normalized spacial score (nSPS) is 22.1. The van der Waals surface area contributed by atoms with Crippen LogP contribution in [0.4, 0.5) is 4.39 Å². The molecule has 1 aliphatic rings. The molecule has 1 fully saturated rings. The number of rotatable bonds is 10. The summed E-state index contributed by atoms with van der Waals surface area (Å²) in [6.07, 6.45) is -4.52. The lowest BCUT2D eigenvalue weighted by molar-refractivity contribution is -0.149. The number of carbonyl (C=O) groups excluding carboxylic acids is 1. The van der Waals surface area contributed by atoms with Crippen molar-refractivity contribution in [1.82, 2.24) is 14.6 Å². The summed E-state index contributed by atoms with van der Waals surface area (Å²) in [5, 5.41) is 14.7. The Kier molecular flexibility index (Phi) is 8.91. The van der Waals surface area contributed by atoms with Gasteiger partial charge < -0.3 is 19.1 Å². The summed E-state index contributed by atoms with van der Waals surface area (Å²) < 4.78 is 51.5. The van der Waals surface area contributed by atoms with Crippen LogP contribution in [0, 0.1) is 5.82 Å². The van der Waals surface area contributed by atoms with Crippen LogP contribution in [0.5, 0.6) is 5.75 Å². The highest BCUT2D eigenvalue weighted by atomic mass is 31.2. The topological polar surface area (TPSA) is 158 Å². The van der Waals surface area contributed by atoms with E-state index in [4.69, 9.17) is 18.5 Å². The van der Waals surface area contributed by atoms with E-state index in [1.807, 2.05) is 23.2 Å². The minimum absolute atomic E-state index is 0.150. The Morgan fingerprint density at radius 2 is 1.88 bits per heavy atom. The number of nitrogens with one attached hydrogen (secondary N) is 2. The molecule has 1 aliphatic heterocycles. The van der Waals surface area contributed by atoms with E-state index < -0.39 is 67.5 Å². The first kappa shape index (κ1) is 29.6. The van der Waals surface area contributed by atoms with E-state index in [1.165, 1.54) is 13.8 Å². The average molecular weight is 580 g/mol. The van der Waals surface area contributed by atoms with Crippen molar-refractivity contribution in [3.8, 4) is 5.75 Å². The lowest BCUT2D eigenvalue weighted by Gasteiger charge is -2.29. The number of aromatic amines is 1. The van der Waals surface area contributed by atoms with E-state index in [1.54, 1.807) is 38.1 Å². The van der Waals surface area contributed by atoms with E-state index in [-0.39, 0.29) is 12.2 Å². The third-order valence-electron chi connectivity index (χ3n) is 6.16. The monoisotopic (exact) mass is 579 g/mol. The van der Waals surface area contributed by atoms with Gasteiger partial charge in [-0.2, -0.15) is 9.48 Å². The van der Waals surface area contributed by atoms with Crippen LogP contribution < -0.4 is 20.9 Å². The first-order valence-corrected chi connectivity index (χ1v) is 14.2. The Morgan fingerprint density at radius 3 is 2.60 bits per heavy atom. The number of aliphatic hydroxyl groups excluding tert-OH is 1. The maximum atomic E-state index is 14.1. The number of nitrogens with zero attached hydrogens (tertiary/aromatic N) is 1. The largest absolute Gasteiger partial charge is 0.462 e. The highest BCUT2D eigenvalue weighted by Gasteiger charge is 2.44. The SMILES string of the molecule is CC(C)OC(=O)[C@H](C)N[P@@](=O)(Oc1cccc2ccccc12)O[C@H](C)[C@H]1O[C@@H](n2cc(F)c(=O)[nH]c2=O)C[C@@H]1O. The molecule has 0 radical (unpaired) electrons. The van der Waals surface area contributed by atoms with E-state index in [0.29, 0.717) is 11.6 Å². The van der Waals surface area contributed by atoms with Gasteiger partial charge in [-0.05, 0) is 39.1 Å². The van der Waals surface area contributed by atoms with Gasteiger partial charge >= 0.3 is 19.4 Å². The fourth-order valence-corrected chi connectivity index (χ4v) is 6.04. The molecule has 0 bridgehead atoms. The van der Waals surface area contributed by atoms with Gasteiger partial charge in [-0.25, -0.2) is 9.36 Å². The summed E-state index contributed by atoms with van der Waals surface area (Å²) in [5.74, 6) is -1.68. The second-order valence-electron chi connectivity index (χ2n) is 9.71. The van der Waals surface area contributed by atoms with E-state index in [9.17, 15) is 28.4 Å². The van der Waals surface area contributed by atoms with E-state index in [2.05, 4.69) is 5.09 Å². The third kappa shape index (κ3) is 6.68. The van der Waals surface area contributed by atoms with Crippen LogP contribution in [0.15, 0.2) is 58.3 Å². The minimum Gasteiger partial charge on any atom is -0.462 e. The number of halogens is 1. The number of carbonyl (C=O) groups is 1. The molecule has 0 aliphatic carbocycles. The van der Waals surface area contributed by atoms with Gasteiger partial charge in [-0.1, -0.05) is 36.4 Å². The standard InChI is InChI=1S/C26H31FN3O9P/c1-14(2)36-25(33)15(3)29-40(35,39-21-11-7-9-17-8-5-6-10-18(17)21)38-16(4)23-20(31)12-22(37-23)30-13-19(27)24(32)28-26(30)34/h5-11,13-16,20,22-23,31H,12H2,1-4H3,(H,29,35)(H,28,32,34)/t15-,16+,20-,22+,23+,40-/m0/s1. The molecule has 0 unspecified atom stereocenters. The van der Waals surface area contributed by atoms with Gasteiger partial charge in [0.25, 0.3) is 5.56 Å². The first-order chi connectivity index (χ1) is 18.9. The number of hydrogen-bond acceptors (Lipinski definition) is 9. The zero-order valence-electron chi connectivity index (χ0n) is 22.3. The number of hydrogen-bond donors (Lipinski definition) is 3. The Hall–Kier alpha value is -3.35. The van der Waals surface area contributed by atoms with Crippen molar-refractivity contribution < 1.29 is 37.4 Å². The quantitative estimate of drug-likeness (QED) is 0.241. The van der Waals surface area contributed by atoms with Crippen molar-refractivity contribution in [2.45, 2.75) is 70.8 Å². The maximum absolute atomic E-state index is 14.1. The Bertz CT molecular complexity index is 1540. The lowest BCUT2D eigenvalue weighted by Crippen LogP contribution is -2.40. The molecule has 0 spiro atoms. The summed E-state index contributed by atoms with van der Waals surface area (Å²) in [5.41, 5.74) is -2.11. The van der Waals surface area contributed by atoms with Gasteiger partial charge in [0.05, 0.1) is 24.5 Å². The molecule has 0 amide bonds. The van der Waals surface area contributed by atoms with Crippen LogP contribution in [0.25, 0.3) is 10.8 Å². The van der Waals surface area contributed by atoms with Crippen LogP contribution in [-0.4, -0.2) is 51.1 Å². The number of aromatic nitrogens is 2. The number of esters is 1. The van der Waals surface area contributed by atoms with Gasteiger partial charge in [0, 0.05) is 11.8 Å².